The van der Waals surface area contributed by atoms with Gasteiger partial charge in [0.25, 0.3) is 0 Å². The Morgan fingerprint density at radius 3 is 2.31 bits per heavy atom. The van der Waals surface area contributed by atoms with Gasteiger partial charge in [0, 0.05) is 45.3 Å². The largest absolute Gasteiger partial charge is 0.493 e. The average molecular weight is 524 g/mol. The molecule has 1 aromatic rings. The molecule has 0 unspecified atom stereocenters. The minimum Gasteiger partial charge on any atom is -0.493 e. The molecule has 3 aliphatic rings. The van der Waals surface area contributed by atoms with Gasteiger partial charge in [-0.1, -0.05) is 13.8 Å². The fourth-order valence-electron chi connectivity index (χ4n) is 6.05. The predicted octanol–water partition coefficient (Wildman–Crippen LogP) is 3.00. The summed E-state index contributed by atoms with van der Waals surface area (Å²) >= 11 is 0. The van der Waals surface area contributed by atoms with Crippen molar-refractivity contribution in [2.24, 2.45) is 17.8 Å². The van der Waals surface area contributed by atoms with E-state index in [1.54, 1.807) is 19.1 Å². The summed E-state index contributed by atoms with van der Waals surface area (Å²) in [6, 6.07) is 4.49. The fourth-order valence-corrected chi connectivity index (χ4v) is 6.88. The molecule has 0 aromatic heterocycles. The van der Waals surface area contributed by atoms with E-state index in [1.165, 1.54) is 21.7 Å². The van der Waals surface area contributed by atoms with Crippen LogP contribution >= 0.6 is 0 Å². The van der Waals surface area contributed by atoms with Crippen LogP contribution in [0, 0.1) is 17.8 Å². The van der Waals surface area contributed by atoms with Gasteiger partial charge < -0.3 is 19.1 Å². The Hall–Kier alpha value is -2.04. The zero-order chi connectivity index (χ0) is 26.0. The number of nitrogens with zero attached hydrogens (tertiary/aromatic N) is 3. The molecule has 2 saturated heterocycles. The van der Waals surface area contributed by atoms with Gasteiger partial charge in [-0.3, -0.25) is 4.90 Å². The number of benzene rings is 1. The topological polar surface area (TPSA) is 88.6 Å². The van der Waals surface area contributed by atoms with Gasteiger partial charge in [-0.15, -0.1) is 0 Å². The Labute approximate surface area is 215 Å². The zero-order valence-electron chi connectivity index (χ0n) is 22.2. The molecule has 3 aliphatic heterocycles. The van der Waals surface area contributed by atoms with Crippen LogP contribution in [0.5, 0.6) is 11.5 Å². The summed E-state index contributed by atoms with van der Waals surface area (Å²) in [4.78, 5) is 17.1. The lowest BCUT2D eigenvalue weighted by molar-refractivity contribution is 0.00389. The molecular formula is C26H41N3O6S. The van der Waals surface area contributed by atoms with E-state index in [9.17, 15) is 13.2 Å². The molecule has 0 radical (unpaired) electrons. The Morgan fingerprint density at radius 2 is 1.69 bits per heavy atom. The number of methoxy groups -OCH3 is 2. The number of hydrogen-bond acceptors (Lipinski definition) is 7. The van der Waals surface area contributed by atoms with Crippen molar-refractivity contribution in [1.82, 2.24) is 14.1 Å². The van der Waals surface area contributed by atoms with Crippen LogP contribution in [0.25, 0.3) is 0 Å². The number of carbonyl (C=O) groups is 1. The van der Waals surface area contributed by atoms with Crippen molar-refractivity contribution in [3.05, 3.63) is 23.3 Å². The van der Waals surface area contributed by atoms with E-state index in [0.29, 0.717) is 44.6 Å². The van der Waals surface area contributed by atoms with Crippen LogP contribution in [0.15, 0.2) is 12.1 Å². The second-order valence-electron chi connectivity index (χ2n) is 10.8. The molecule has 1 aromatic carbocycles. The number of hydrogen-bond donors (Lipinski definition) is 0. The van der Waals surface area contributed by atoms with Gasteiger partial charge in [0.1, 0.15) is 0 Å². The van der Waals surface area contributed by atoms with Crippen LogP contribution in [0.3, 0.4) is 0 Å². The number of carbonyl (C=O) groups excluding carboxylic acids is 1. The Balaban J connectivity index is 1.45. The summed E-state index contributed by atoms with van der Waals surface area (Å²) in [5, 5.41) is 0. The summed E-state index contributed by atoms with van der Waals surface area (Å²) in [5.74, 6) is 2.79. The normalized spacial score (nSPS) is 25.3. The third kappa shape index (κ3) is 5.92. The predicted molar refractivity (Wildman–Crippen MR) is 138 cm³/mol. The minimum absolute atomic E-state index is 0.258. The first kappa shape index (κ1) is 27.0. The van der Waals surface area contributed by atoms with Gasteiger partial charge >= 0.3 is 6.09 Å². The SMILES string of the molecule is COc1cc2c(cc1OC)[C@H]1C[C@@H](COC(=O)N3CCN(S(C)(=O)=O)CC3)[C@H](CC(C)C)CN1CC2. The van der Waals surface area contributed by atoms with E-state index >= 15 is 0 Å². The molecule has 10 heteroatoms. The van der Waals surface area contributed by atoms with E-state index in [2.05, 4.69) is 30.9 Å². The summed E-state index contributed by atoms with van der Waals surface area (Å²) in [6.07, 6.45) is 3.87. The van der Waals surface area contributed by atoms with Crippen molar-refractivity contribution in [1.29, 1.82) is 0 Å². The van der Waals surface area contributed by atoms with Crippen molar-refractivity contribution in [2.75, 3.05) is 66.4 Å². The maximum absolute atomic E-state index is 12.9. The number of ether oxygens (including phenoxy) is 3. The van der Waals surface area contributed by atoms with Crippen LogP contribution < -0.4 is 9.47 Å². The maximum Gasteiger partial charge on any atom is 0.409 e. The lowest BCUT2D eigenvalue weighted by Gasteiger charge is -2.47. The molecule has 0 bridgehead atoms. The Bertz CT molecular complexity index is 1040. The highest BCUT2D eigenvalue weighted by atomic mass is 32.2. The van der Waals surface area contributed by atoms with Crippen molar-refractivity contribution in [2.45, 2.75) is 39.2 Å². The first-order chi connectivity index (χ1) is 17.1. The first-order valence-electron chi connectivity index (χ1n) is 13.0. The number of sulfonamides is 1. The first-order valence-corrected chi connectivity index (χ1v) is 14.8. The molecule has 1 amide bonds. The maximum atomic E-state index is 12.9. The van der Waals surface area contributed by atoms with Crippen molar-refractivity contribution < 1.29 is 27.4 Å². The van der Waals surface area contributed by atoms with Crippen LogP contribution in [-0.2, 0) is 21.2 Å². The van der Waals surface area contributed by atoms with E-state index in [0.717, 1.165) is 43.9 Å². The van der Waals surface area contributed by atoms with E-state index in [-0.39, 0.29) is 18.1 Å². The molecule has 3 atom stereocenters. The van der Waals surface area contributed by atoms with E-state index in [1.807, 2.05) is 0 Å². The smallest absolute Gasteiger partial charge is 0.409 e. The van der Waals surface area contributed by atoms with Crippen LogP contribution in [0.1, 0.15) is 43.9 Å². The minimum atomic E-state index is -3.24. The Morgan fingerprint density at radius 1 is 1.03 bits per heavy atom. The molecular weight excluding hydrogens is 482 g/mol. The van der Waals surface area contributed by atoms with Gasteiger partial charge in [0.2, 0.25) is 10.0 Å². The fraction of sp³-hybridized carbons (Fsp3) is 0.731. The highest BCUT2D eigenvalue weighted by molar-refractivity contribution is 7.88. The van der Waals surface area contributed by atoms with Crippen LogP contribution in [-0.4, -0.2) is 95.0 Å². The van der Waals surface area contributed by atoms with E-state index in [4.69, 9.17) is 14.2 Å². The molecule has 2 fully saturated rings. The summed E-state index contributed by atoms with van der Waals surface area (Å²) in [7, 11) is 0.102. The monoisotopic (exact) mass is 523 g/mol. The Kier molecular flexibility index (Phi) is 8.36. The second-order valence-corrected chi connectivity index (χ2v) is 12.8. The number of fused-ring (bicyclic) bond motifs is 3. The summed E-state index contributed by atoms with van der Waals surface area (Å²) in [5.41, 5.74) is 2.59. The second kappa shape index (κ2) is 11.1. The molecule has 4 rings (SSSR count). The number of amides is 1. The van der Waals surface area contributed by atoms with Crippen molar-refractivity contribution in [3.8, 4) is 11.5 Å². The quantitative estimate of drug-likeness (QED) is 0.543. The van der Waals surface area contributed by atoms with Gasteiger partial charge in [0.05, 0.1) is 27.1 Å². The highest BCUT2D eigenvalue weighted by Crippen LogP contribution is 2.45. The molecule has 0 saturated carbocycles. The highest BCUT2D eigenvalue weighted by Gasteiger charge is 2.40. The molecule has 0 spiro atoms. The average Bonchev–Trinajstić information content (AvgIpc) is 2.85. The molecule has 0 aliphatic carbocycles. The standard InChI is InChI=1S/C26H41N3O6S/c1-18(2)12-20-16-28-7-6-19-14-24(33-3)25(34-4)15-22(19)23(28)13-21(20)17-35-26(30)27-8-10-29(11-9-27)36(5,31)32/h14-15,18,20-21,23H,6-13,16-17H2,1-5H3/t20-,21+,23-/m1/s1. The zero-order valence-corrected chi connectivity index (χ0v) is 23.1. The third-order valence-corrected chi connectivity index (χ3v) is 9.24. The van der Waals surface area contributed by atoms with Gasteiger partial charge in [-0.25, -0.2) is 13.2 Å². The van der Waals surface area contributed by atoms with Crippen LogP contribution in [0.4, 0.5) is 4.79 Å². The number of piperazine rings is 1. The molecule has 202 valence electrons. The van der Waals surface area contributed by atoms with E-state index < -0.39 is 10.0 Å². The molecule has 9 nitrogen and oxygen atoms in total. The van der Waals surface area contributed by atoms with Gasteiger partial charge in [-0.2, -0.15) is 4.31 Å². The van der Waals surface area contributed by atoms with Gasteiger partial charge in [0.15, 0.2) is 11.5 Å². The molecule has 3 heterocycles. The summed E-state index contributed by atoms with van der Waals surface area (Å²) in [6.45, 7) is 8.23. The third-order valence-electron chi connectivity index (χ3n) is 7.94. The van der Waals surface area contributed by atoms with Crippen molar-refractivity contribution in [3.63, 3.8) is 0 Å². The molecule has 0 N–H and O–H groups in total. The molecule has 36 heavy (non-hydrogen) atoms. The number of rotatable bonds is 7. The lowest BCUT2D eigenvalue weighted by atomic mass is 9.74. The number of piperidine rings is 1. The van der Waals surface area contributed by atoms with Crippen molar-refractivity contribution >= 4 is 16.1 Å². The van der Waals surface area contributed by atoms with Gasteiger partial charge in [-0.05, 0) is 60.3 Å². The lowest BCUT2D eigenvalue weighted by Crippen LogP contribution is -2.51. The summed E-state index contributed by atoms with van der Waals surface area (Å²) < 4.78 is 41.9. The van der Waals surface area contributed by atoms with Crippen LogP contribution in [0.2, 0.25) is 0 Å².